The Balaban J connectivity index is 2.50. The smallest absolute Gasteiger partial charge is 0.199 e. The number of hydrogen-bond acceptors (Lipinski definition) is 3. The van der Waals surface area contributed by atoms with E-state index in [1.807, 2.05) is 41.8 Å². The van der Waals surface area contributed by atoms with Gasteiger partial charge >= 0.3 is 0 Å². The highest BCUT2D eigenvalue weighted by atomic mass is 32.1. The first-order chi connectivity index (χ1) is 7.18. The molecule has 0 bridgehead atoms. The van der Waals surface area contributed by atoms with Crippen molar-refractivity contribution in [3.63, 3.8) is 0 Å². The van der Waals surface area contributed by atoms with Gasteiger partial charge in [-0.1, -0.05) is 6.07 Å². The third-order valence-corrected chi connectivity index (χ3v) is 2.46. The summed E-state index contributed by atoms with van der Waals surface area (Å²) < 4.78 is 2.44. The van der Waals surface area contributed by atoms with Crippen molar-refractivity contribution < 1.29 is 0 Å². The van der Waals surface area contributed by atoms with Crippen LogP contribution in [0.1, 0.15) is 0 Å². The van der Waals surface area contributed by atoms with E-state index < -0.39 is 0 Å². The van der Waals surface area contributed by atoms with E-state index in [9.17, 15) is 0 Å². The summed E-state index contributed by atoms with van der Waals surface area (Å²) in [6.07, 6.45) is 1.68. The monoisotopic (exact) mass is 220 g/mol. The maximum atomic E-state index is 5.11. The second kappa shape index (κ2) is 3.86. The van der Waals surface area contributed by atoms with E-state index in [1.54, 1.807) is 6.33 Å². The third kappa shape index (κ3) is 1.92. The predicted molar refractivity (Wildman–Crippen MR) is 63.1 cm³/mol. The minimum atomic E-state index is 0.603. The molecule has 0 aliphatic heterocycles. The molecule has 0 aliphatic rings. The van der Waals surface area contributed by atoms with Crippen LogP contribution in [0.25, 0.3) is 5.69 Å². The molecular weight excluding hydrogens is 208 g/mol. The van der Waals surface area contributed by atoms with Crippen LogP contribution in [-0.4, -0.2) is 28.9 Å². The van der Waals surface area contributed by atoms with Gasteiger partial charge in [-0.25, -0.2) is 0 Å². The highest BCUT2D eigenvalue weighted by molar-refractivity contribution is 7.71. The molecule has 0 radical (unpaired) electrons. The molecule has 1 aromatic heterocycles. The molecular formula is C10H12N4S. The van der Waals surface area contributed by atoms with Crippen molar-refractivity contribution in [3.8, 4) is 5.69 Å². The lowest BCUT2D eigenvalue weighted by atomic mass is 10.2. The van der Waals surface area contributed by atoms with Gasteiger partial charge in [0.1, 0.15) is 6.33 Å². The lowest BCUT2D eigenvalue weighted by molar-refractivity contribution is 1.02. The van der Waals surface area contributed by atoms with Gasteiger partial charge in [-0.15, -0.1) is 0 Å². The van der Waals surface area contributed by atoms with Crippen LogP contribution in [0.4, 0.5) is 5.69 Å². The Bertz CT molecular complexity index is 512. The summed E-state index contributed by atoms with van der Waals surface area (Å²) in [7, 11) is 4.02. The largest absolute Gasteiger partial charge is 0.378 e. The second-order valence-electron chi connectivity index (χ2n) is 3.45. The molecule has 1 heterocycles. The highest BCUT2D eigenvalue weighted by Gasteiger charge is 2.00. The SMILES string of the molecule is CN(C)c1cccc(-n2cn[nH]c2=S)c1. The molecule has 0 amide bonds. The molecule has 0 unspecified atom stereocenters. The number of aromatic amines is 1. The van der Waals surface area contributed by atoms with Crippen molar-refractivity contribution in [2.24, 2.45) is 0 Å². The lowest BCUT2D eigenvalue weighted by Crippen LogP contribution is -2.08. The fourth-order valence-corrected chi connectivity index (χ4v) is 1.56. The Morgan fingerprint density at radius 3 is 2.80 bits per heavy atom. The van der Waals surface area contributed by atoms with Gasteiger partial charge in [0.05, 0.1) is 5.69 Å². The van der Waals surface area contributed by atoms with Crippen LogP contribution in [0.5, 0.6) is 0 Å². The summed E-state index contributed by atoms with van der Waals surface area (Å²) in [4.78, 5) is 2.05. The van der Waals surface area contributed by atoms with Crippen molar-refractivity contribution >= 4 is 17.9 Å². The van der Waals surface area contributed by atoms with Gasteiger partial charge in [-0.2, -0.15) is 5.10 Å². The Labute approximate surface area is 93.2 Å². The number of rotatable bonds is 2. The summed E-state index contributed by atoms with van der Waals surface area (Å²) in [6.45, 7) is 0. The molecule has 15 heavy (non-hydrogen) atoms. The number of H-pyrrole nitrogens is 1. The van der Waals surface area contributed by atoms with Gasteiger partial charge in [0.2, 0.25) is 0 Å². The zero-order chi connectivity index (χ0) is 10.8. The van der Waals surface area contributed by atoms with E-state index in [1.165, 1.54) is 0 Å². The first-order valence-electron chi connectivity index (χ1n) is 4.58. The lowest BCUT2D eigenvalue weighted by Gasteiger charge is -2.13. The van der Waals surface area contributed by atoms with E-state index in [0.717, 1.165) is 11.4 Å². The first-order valence-corrected chi connectivity index (χ1v) is 4.99. The maximum Gasteiger partial charge on any atom is 0.199 e. The van der Waals surface area contributed by atoms with Gasteiger partial charge in [-0.05, 0) is 30.4 Å². The third-order valence-electron chi connectivity index (χ3n) is 2.18. The fourth-order valence-electron chi connectivity index (χ4n) is 1.35. The number of benzene rings is 1. The second-order valence-corrected chi connectivity index (χ2v) is 3.83. The van der Waals surface area contributed by atoms with E-state index in [4.69, 9.17) is 12.2 Å². The molecule has 0 saturated heterocycles. The molecule has 0 aliphatic carbocycles. The van der Waals surface area contributed by atoms with Crippen molar-refractivity contribution in [2.75, 3.05) is 19.0 Å². The van der Waals surface area contributed by atoms with Crippen LogP contribution in [0, 0.1) is 4.77 Å². The minimum Gasteiger partial charge on any atom is -0.378 e. The normalized spacial score (nSPS) is 10.3. The maximum absolute atomic E-state index is 5.11. The number of nitrogens with one attached hydrogen (secondary N) is 1. The average molecular weight is 220 g/mol. The molecule has 2 rings (SSSR count). The molecule has 0 saturated carbocycles. The number of nitrogens with zero attached hydrogens (tertiary/aromatic N) is 3. The summed E-state index contributed by atoms with van der Waals surface area (Å²) in [5.74, 6) is 0. The quantitative estimate of drug-likeness (QED) is 0.786. The van der Waals surface area contributed by atoms with Gasteiger partial charge in [0, 0.05) is 19.8 Å². The zero-order valence-electron chi connectivity index (χ0n) is 8.64. The predicted octanol–water partition coefficient (Wildman–Crippen LogP) is 2.00. The van der Waals surface area contributed by atoms with Crippen molar-refractivity contribution in [1.82, 2.24) is 14.8 Å². The molecule has 78 valence electrons. The van der Waals surface area contributed by atoms with Crippen LogP contribution in [0.2, 0.25) is 0 Å². The molecule has 5 heteroatoms. The van der Waals surface area contributed by atoms with Crippen molar-refractivity contribution in [3.05, 3.63) is 35.4 Å². The molecule has 0 atom stereocenters. The van der Waals surface area contributed by atoms with E-state index >= 15 is 0 Å². The van der Waals surface area contributed by atoms with E-state index in [-0.39, 0.29) is 0 Å². The first kappa shape index (κ1) is 9.92. The Hall–Kier alpha value is -1.62. The van der Waals surface area contributed by atoms with Crippen LogP contribution >= 0.6 is 12.2 Å². The Morgan fingerprint density at radius 2 is 2.20 bits per heavy atom. The number of aromatic nitrogens is 3. The molecule has 0 spiro atoms. The minimum absolute atomic E-state index is 0.603. The van der Waals surface area contributed by atoms with Gasteiger partial charge < -0.3 is 4.90 Å². The summed E-state index contributed by atoms with van der Waals surface area (Å²) in [5, 5.41) is 6.62. The van der Waals surface area contributed by atoms with Crippen LogP contribution in [0.3, 0.4) is 0 Å². The Morgan fingerprint density at radius 1 is 1.40 bits per heavy atom. The Kier molecular flexibility index (Phi) is 2.55. The average Bonchev–Trinajstić information content (AvgIpc) is 2.64. The topological polar surface area (TPSA) is 36.9 Å². The molecule has 1 aromatic carbocycles. The van der Waals surface area contributed by atoms with E-state index in [2.05, 4.69) is 16.3 Å². The van der Waals surface area contributed by atoms with Gasteiger partial charge in [-0.3, -0.25) is 9.67 Å². The van der Waals surface area contributed by atoms with Crippen LogP contribution in [0.15, 0.2) is 30.6 Å². The number of anilines is 1. The summed E-state index contributed by atoms with van der Waals surface area (Å²) in [5.41, 5.74) is 2.15. The highest BCUT2D eigenvalue weighted by Crippen LogP contribution is 2.16. The van der Waals surface area contributed by atoms with Crippen molar-refractivity contribution in [1.29, 1.82) is 0 Å². The van der Waals surface area contributed by atoms with Crippen LogP contribution < -0.4 is 4.90 Å². The summed E-state index contributed by atoms with van der Waals surface area (Å²) in [6, 6.07) is 8.11. The van der Waals surface area contributed by atoms with E-state index in [0.29, 0.717) is 4.77 Å². The molecule has 0 fully saturated rings. The van der Waals surface area contributed by atoms with Gasteiger partial charge in [0.15, 0.2) is 4.77 Å². The van der Waals surface area contributed by atoms with Crippen LogP contribution in [-0.2, 0) is 0 Å². The van der Waals surface area contributed by atoms with Gasteiger partial charge in [0.25, 0.3) is 0 Å². The fraction of sp³-hybridized carbons (Fsp3) is 0.200. The van der Waals surface area contributed by atoms with Crippen molar-refractivity contribution in [2.45, 2.75) is 0 Å². The molecule has 1 N–H and O–H groups in total. The summed E-state index contributed by atoms with van der Waals surface area (Å²) >= 11 is 5.11. The molecule has 4 nitrogen and oxygen atoms in total. The zero-order valence-corrected chi connectivity index (χ0v) is 9.45. The number of hydrogen-bond donors (Lipinski definition) is 1. The standard InChI is InChI=1S/C10H12N4S/c1-13(2)8-4-3-5-9(6-8)14-7-11-12-10(14)15/h3-7H,1-2H3,(H,12,15). The molecule has 2 aromatic rings.